The molecule has 0 amide bonds. The Balaban J connectivity index is 3.15. The first-order chi connectivity index (χ1) is 20.1. The van der Waals surface area contributed by atoms with E-state index < -0.39 is 51.3 Å². The molecule has 0 spiro atoms. The van der Waals surface area contributed by atoms with Crippen molar-refractivity contribution < 1.29 is 46.8 Å². The summed E-state index contributed by atoms with van der Waals surface area (Å²) in [5, 5.41) is 40.2. The summed E-state index contributed by atoms with van der Waals surface area (Å²) in [5.74, 6) is 19.6. The second-order valence-corrected chi connectivity index (χ2v) is 12.5. The monoisotopic (exact) mass is 632 g/mol. The fourth-order valence-electron chi connectivity index (χ4n) is 3.84. The van der Waals surface area contributed by atoms with Crippen molar-refractivity contribution in [2.75, 3.05) is 0 Å². The van der Waals surface area contributed by atoms with Gasteiger partial charge in [-0.25, -0.2) is 0 Å². The predicted molar refractivity (Wildman–Crippen MR) is 158 cm³/mol. The first-order valence-corrected chi connectivity index (χ1v) is 13.5. The summed E-state index contributed by atoms with van der Waals surface area (Å²) < 4.78 is 90.4. The van der Waals surface area contributed by atoms with Gasteiger partial charge in [-0.2, -0.15) is 26.3 Å². The molecule has 0 unspecified atom stereocenters. The molecule has 0 aliphatic heterocycles. The van der Waals surface area contributed by atoms with Crippen LogP contribution in [0.15, 0.2) is 36.4 Å². The van der Waals surface area contributed by atoms with Gasteiger partial charge < -0.3 is 20.4 Å². The Morgan fingerprint density at radius 1 is 0.422 bits per heavy atom. The van der Waals surface area contributed by atoms with E-state index in [0.29, 0.717) is 24.3 Å². The molecule has 0 saturated heterocycles. The van der Waals surface area contributed by atoms with E-state index in [1.165, 1.54) is 55.4 Å². The summed E-state index contributed by atoms with van der Waals surface area (Å²) >= 11 is 0. The van der Waals surface area contributed by atoms with Crippen LogP contribution in [0.2, 0.25) is 0 Å². The second kappa shape index (κ2) is 12.5. The number of hydrogen-bond donors (Lipinski definition) is 4. The van der Waals surface area contributed by atoms with E-state index in [1.54, 1.807) is 0 Å². The zero-order chi connectivity index (χ0) is 34.9. The lowest BCUT2D eigenvalue weighted by atomic mass is 9.71. The normalized spacial score (nSPS) is 12.8. The Kier molecular flexibility index (Phi) is 10.3. The molecule has 10 heteroatoms. The summed E-state index contributed by atoms with van der Waals surface area (Å²) in [6.07, 6.45) is -11.9. The summed E-state index contributed by atoms with van der Waals surface area (Å²) in [6.45, 7) is 10.5. The topological polar surface area (TPSA) is 80.9 Å². The first kappa shape index (κ1) is 37.3. The minimum absolute atomic E-state index is 0.0788. The lowest BCUT2D eigenvalue weighted by Gasteiger charge is -2.38. The van der Waals surface area contributed by atoms with Gasteiger partial charge in [0.1, 0.15) is 22.4 Å². The molecule has 0 atom stereocenters. The maximum Gasteiger partial charge on any atom is 0.411 e. The summed E-state index contributed by atoms with van der Waals surface area (Å²) in [5.41, 5.74) is -14.4. The van der Waals surface area contributed by atoms with Gasteiger partial charge in [-0.05, 0) is 90.8 Å². The number of halogens is 6. The molecule has 0 radical (unpaired) electrons. The highest BCUT2D eigenvalue weighted by atomic mass is 19.4. The van der Waals surface area contributed by atoms with Crippen molar-refractivity contribution in [1.29, 1.82) is 0 Å². The van der Waals surface area contributed by atoms with Crippen molar-refractivity contribution in [3.63, 3.8) is 0 Å². The fourth-order valence-corrected chi connectivity index (χ4v) is 3.84. The van der Waals surface area contributed by atoms with Gasteiger partial charge in [0.05, 0.1) is 0 Å². The van der Waals surface area contributed by atoms with Gasteiger partial charge in [0.15, 0.2) is 0 Å². The largest absolute Gasteiger partial charge is 0.411 e. The molecule has 2 aromatic carbocycles. The smallest absolute Gasteiger partial charge is 0.378 e. The van der Waals surface area contributed by atoms with Crippen LogP contribution in [-0.2, 0) is 5.41 Å². The summed E-state index contributed by atoms with van der Waals surface area (Å²) in [7, 11) is 0. The number of rotatable bonds is 2. The standard InChI is InChI=1S/C35H34F6O4/c1-29(2,42)17-13-23-9-11-27(21-25(23)15-19-31(5,6)44)33(34(36,37)38,35(39,40)41)28-12-10-24(14-18-30(3,4)43)26(22-28)16-20-32(7,8)45/h9-12,21-22,42-45H,1-8H3. The predicted octanol–water partition coefficient (Wildman–Crippen LogP) is 5.59. The van der Waals surface area contributed by atoms with E-state index in [4.69, 9.17) is 0 Å². The average molecular weight is 633 g/mol. The van der Waals surface area contributed by atoms with Crippen LogP contribution in [0.4, 0.5) is 26.3 Å². The number of benzene rings is 2. The Morgan fingerprint density at radius 2 is 0.667 bits per heavy atom. The molecular weight excluding hydrogens is 598 g/mol. The minimum atomic E-state index is -5.96. The van der Waals surface area contributed by atoms with Crippen LogP contribution in [0.3, 0.4) is 0 Å². The van der Waals surface area contributed by atoms with Gasteiger partial charge in [-0.3, -0.25) is 0 Å². The SMILES string of the molecule is CC(C)(O)C#Cc1ccc(C(c2ccc(C#CC(C)(C)O)c(C#CC(C)(C)O)c2)(C(F)(F)F)C(F)(F)F)cc1C#CC(C)(C)O. The van der Waals surface area contributed by atoms with Crippen LogP contribution >= 0.6 is 0 Å². The summed E-state index contributed by atoms with van der Waals surface area (Å²) in [6, 6.07) is 4.36. The molecule has 0 saturated carbocycles. The van der Waals surface area contributed by atoms with Crippen molar-refractivity contribution in [2.24, 2.45) is 0 Å². The maximum atomic E-state index is 15.1. The average Bonchev–Trinajstić information content (AvgIpc) is 2.81. The molecular formula is C35H34F6O4. The number of hydrogen-bond acceptors (Lipinski definition) is 4. The molecule has 0 heterocycles. The molecule has 0 bridgehead atoms. The molecule has 0 fully saturated rings. The molecule has 2 rings (SSSR count). The van der Waals surface area contributed by atoms with E-state index in [9.17, 15) is 20.4 Å². The Morgan fingerprint density at radius 3 is 0.889 bits per heavy atom. The zero-order valence-corrected chi connectivity index (χ0v) is 26.0. The molecule has 0 aliphatic carbocycles. The molecule has 45 heavy (non-hydrogen) atoms. The Hall–Kier alpha value is -3.90. The zero-order valence-electron chi connectivity index (χ0n) is 26.0. The van der Waals surface area contributed by atoms with Crippen molar-refractivity contribution >= 4 is 0 Å². The van der Waals surface area contributed by atoms with E-state index in [2.05, 4.69) is 47.4 Å². The lowest BCUT2D eigenvalue weighted by molar-refractivity contribution is -0.288. The molecule has 0 aromatic heterocycles. The molecule has 240 valence electrons. The second-order valence-electron chi connectivity index (χ2n) is 12.5. The Labute approximate surface area is 259 Å². The van der Waals surface area contributed by atoms with Crippen LogP contribution in [0.1, 0.15) is 88.8 Å². The molecule has 4 N–H and O–H groups in total. The Bertz CT molecular complexity index is 1550. The van der Waals surface area contributed by atoms with E-state index in [0.717, 1.165) is 12.1 Å². The first-order valence-electron chi connectivity index (χ1n) is 13.5. The van der Waals surface area contributed by atoms with Gasteiger partial charge in [0.2, 0.25) is 5.41 Å². The van der Waals surface area contributed by atoms with Crippen LogP contribution < -0.4 is 0 Å². The van der Waals surface area contributed by atoms with Crippen molar-refractivity contribution in [1.82, 2.24) is 0 Å². The lowest BCUT2D eigenvalue weighted by Crippen LogP contribution is -2.54. The molecule has 4 nitrogen and oxygen atoms in total. The molecule has 0 aliphatic rings. The number of aliphatic hydroxyl groups is 4. The minimum Gasteiger partial charge on any atom is -0.378 e. The van der Waals surface area contributed by atoms with E-state index in [-0.39, 0.29) is 22.3 Å². The van der Waals surface area contributed by atoms with Crippen LogP contribution in [0, 0.1) is 47.4 Å². The highest BCUT2D eigenvalue weighted by molar-refractivity contribution is 5.59. The van der Waals surface area contributed by atoms with Crippen LogP contribution in [0.25, 0.3) is 0 Å². The van der Waals surface area contributed by atoms with Gasteiger partial charge in [-0.15, -0.1) is 0 Å². The van der Waals surface area contributed by atoms with Gasteiger partial charge in [-0.1, -0.05) is 59.5 Å². The van der Waals surface area contributed by atoms with Crippen molar-refractivity contribution in [3.05, 3.63) is 69.8 Å². The van der Waals surface area contributed by atoms with E-state index >= 15 is 26.3 Å². The van der Waals surface area contributed by atoms with Crippen LogP contribution in [-0.4, -0.2) is 55.2 Å². The number of alkyl halides is 6. The van der Waals surface area contributed by atoms with Gasteiger partial charge in [0.25, 0.3) is 0 Å². The quantitative estimate of drug-likeness (QED) is 0.257. The van der Waals surface area contributed by atoms with Gasteiger partial charge >= 0.3 is 12.4 Å². The summed E-state index contributed by atoms with van der Waals surface area (Å²) in [4.78, 5) is 0. The third-order valence-corrected chi connectivity index (χ3v) is 5.77. The van der Waals surface area contributed by atoms with Crippen molar-refractivity contribution in [2.45, 2.75) is 95.6 Å². The van der Waals surface area contributed by atoms with Crippen LogP contribution in [0.5, 0.6) is 0 Å². The van der Waals surface area contributed by atoms with Gasteiger partial charge in [0, 0.05) is 22.3 Å². The fraction of sp³-hybridized carbons (Fsp3) is 0.429. The van der Waals surface area contributed by atoms with Crippen molar-refractivity contribution in [3.8, 4) is 47.4 Å². The highest BCUT2D eigenvalue weighted by Gasteiger charge is 2.72. The third-order valence-electron chi connectivity index (χ3n) is 5.77. The maximum absolute atomic E-state index is 15.1. The highest BCUT2D eigenvalue weighted by Crippen LogP contribution is 2.56. The van der Waals surface area contributed by atoms with E-state index in [1.807, 2.05) is 0 Å². The third kappa shape index (κ3) is 10.1. The molecule has 2 aromatic rings.